The van der Waals surface area contributed by atoms with E-state index >= 15 is 0 Å². The Balaban J connectivity index is 3.75. The average Bonchev–Trinajstić information content (AvgIpc) is 2.04. The van der Waals surface area contributed by atoms with Gasteiger partial charge in [-0.2, -0.15) is 0 Å². The third-order valence-electron chi connectivity index (χ3n) is 1.43. The second kappa shape index (κ2) is 5.97. The highest BCUT2D eigenvalue weighted by atomic mass is 16.5. The van der Waals surface area contributed by atoms with Crippen LogP contribution in [-0.4, -0.2) is 38.9 Å². The molecule has 0 spiro atoms. The van der Waals surface area contributed by atoms with Crippen LogP contribution in [-0.2, 0) is 14.3 Å². The Morgan fingerprint density at radius 1 is 1.50 bits per heavy atom. The van der Waals surface area contributed by atoms with Gasteiger partial charge in [-0.3, -0.25) is 4.79 Å². The maximum Gasteiger partial charge on any atom is 0.325 e. The molecule has 0 aromatic heterocycles. The minimum atomic E-state index is -0.364. The number of hydrogen-bond acceptors (Lipinski definition) is 4. The quantitative estimate of drug-likeness (QED) is 0.605. The number of rotatable bonds is 5. The molecule has 12 heavy (non-hydrogen) atoms. The van der Waals surface area contributed by atoms with Crippen LogP contribution in [0.15, 0.2) is 0 Å². The van der Waals surface area contributed by atoms with Gasteiger partial charge in [0.05, 0.1) is 19.8 Å². The maximum atomic E-state index is 11.0. The van der Waals surface area contributed by atoms with Crippen molar-refractivity contribution in [1.29, 1.82) is 0 Å². The van der Waals surface area contributed by atoms with Gasteiger partial charge in [-0.05, 0) is 20.9 Å². The molecular weight excluding hydrogens is 158 g/mol. The van der Waals surface area contributed by atoms with Gasteiger partial charge in [0.1, 0.15) is 6.04 Å². The third kappa shape index (κ3) is 4.31. The lowest BCUT2D eigenvalue weighted by Gasteiger charge is -2.15. The van der Waals surface area contributed by atoms with Crippen molar-refractivity contribution in [2.45, 2.75) is 26.0 Å². The smallest absolute Gasteiger partial charge is 0.325 e. The predicted molar refractivity (Wildman–Crippen MR) is 46.0 cm³/mol. The first-order valence-corrected chi connectivity index (χ1v) is 3.98. The van der Waals surface area contributed by atoms with Gasteiger partial charge in [0.15, 0.2) is 0 Å². The summed E-state index contributed by atoms with van der Waals surface area (Å²) in [6.07, 6.45) is 0.130. The van der Waals surface area contributed by atoms with E-state index in [0.29, 0.717) is 6.61 Å². The van der Waals surface area contributed by atoms with Crippen LogP contribution in [0, 0.1) is 0 Å². The lowest BCUT2D eigenvalue weighted by molar-refractivity contribution is -0.145. The van der Waals surface area contributed by atoms with E-state index in [2.05, 4.69) is 10.1 Å². The normalized spacial score (nSPS) is 13.1. The van der Waals surface area contributed by atoms with Crippen LogP contribution in [0.1, 0.15) is 13.8 Å². The minimum absolute atomic E-state index is 0.130. The molecule has 0 aliphatic rings. The molecule has 0 rings (SSSR count). The van der Waals surface area contributed by atoms with Crippen LogP contribution in [0.4, 0.5) is 0 Å². The number of ether oxygens (including phenoxy) is 2. The molecule has 0 aromatic rings. The summed E-state index contributed by atoms with van der Waals surface area (Å²) in [5, 5.41) is 2.81. The first kappa shape index (κ1) is 11.4. The molecule has 0 radical (unpaired) electrons. The number of nitrogens with one attached hydrogen (secondary N) is 1. The van der Waals surface area contributed by atoms with Crippen LogP contribution in [0.2, 0.25) is 0 Å². The summed E-state index contributed by atoms with van der Waals surface area (Å²) in [5.41, 5.74) is 0. The summed E-state index contributed by atoms with van der Waals surface area (Å²) in [6.45, 7) is 4.19. The number of methoxy groups -OCH3 is 1. The molecule has 0 bridgehead atoms. The van der Waals surface area contributed by atoms with E-state index in [1.807, 2.05) is 13.8 Å². The lowest BCUT2D eigenvalue weighted by Crippen LogP contribution is -2.39. The van der Waals surface area contributed by atoms with Gasteiger partial charge >= 0.3 is 5.97 Å². The van der Waals surface area contributed by atoms with Gasteiger partial charge in [-0.25, -0.2) is 0 Å². The molecule has 4 heteroatoms. The topological polar surface area (TPSA) is 47.6 Å². The average molecular weight is 175 g/mol. The van der Waals surface area contributed by atoms with Crippen molar-refractivity contribution in [2.24, 2.45) is 0 Å². The highest BCUT2D eigenvalue weighted by Gasteiger charge is 2.16. The highest BCUT2D eigenvalue weighted by molar-refractivity contribution is 5.75. The Morgan fingerprint density at radius 3 is 2.42 bits per heavy atom. The minimum Gasteiger partial charge on any atom is -0.468 e. The Morgan fingerprint density at radius 2 is 2.08 bits per heavy atom. The molecule has 72 valence electrons. The summed E-state index contributed by atoms with van der Waals surface area (Å²) >= 11 is 0. The fourth-order valence-corrected chi connectivity index (χ4v) is 0.700. The third-order valence-corrected chi connectivity index (χ3v) is 1.43. The van der Waals surface area contributed by atoms with Gasteiger partial charge in [-0.15, -0.1) is 0 Å². The van der Waals surface area contributed by atoms with Gasteiger partial charge in [0.25, 0.3) is 0 Å². The number of carbonyl (C=O) groups is 1. The number of likely N-dealkylation sites (N-methyl/N-ethyl adjacent to an activating group) is 1. The molecule has 4 nitrogen and oxygen atoms in total. The standard InChI is InChI=1S/C8H17NO3/c1-6(2)12-5-7(9-3)8(10)11-4/h6-7,9H,5H2,1-4H3/t7-/m0/s1. The molecule has 0 aliphatic carbocycles. The SMILES string of the molecule is CN[C@@H](COC(C)C)C(=O)OC. The van der Waals surface area contributed by atoms with Gasteiger partial charge < -0.3 is 14.8 Å². The summed E-state index contributed by atoms with van der Waals surface area (Å²) in [4.78, 5) is 11.0. The fourth-order valence-electron chi connectivity index (χ4n) is 0.700. The first-order valence-electron chi connectivity index (χ1n) is 3.98. The Hall–Kier alpha value is -0.610. The van der Waals surface area contributed by atoms with Crippen LogP contribution >= 0.6 is 0 Å². The zero-order chi connectivity index (χ0) is 9.56. The van der Waals surface area contributed by atoms with Gasteiger partial charge in [-0.1, -0.05) is 0 Å². The van der Waals surface area contributed by atoms with E-state index in [0.717, 1.165) is 0 Å². The lowest BCUT2D eigenvalue weighted by atomic mass is 10.3. The molecule has 0 heterocycles. The summed E-state index contributed by atoms with van der Waals surface area (Å²) in [5.74, 6) is -0.293. The largest absolute Gasteiger partial charge is 0.468 e. The Labute approximate surface area is 73.2 Å². The van der Waals surface area contributed by atoms with E-state index in [4.69, 9.17) is 4.74 Å². The summed E-state index contributed by atoms with van der Waals surface area (Å²) in [7, 11) is 3.06. The molecule has 0 saturated carbocycles. The zero-order valence-electron chi connectivity index (χ0n) is 8.09. The van der Waals surface area contributed by atoms with E-state index < -0.39 is 0 Å². The van der Waals surface area contributed by atoms with Crippen LogP contribution < -0.4 is 5.32 Å². The molecular formula is C8H17NO3. The number of hydrogen-bond donors (Lipinski definition) is 1. The highest BCUT2D eigenvalue weighted by Crippen LogP contribution is 1.93. The van der Waals surface area contributed by atoms with Crippen molar-refractivity contribution in [3.8, 4) is 0 Å². The zero-order valence-corrected chi connectivity index (χ0v) is 8.09. The molecule has 1 N–H and O–H groups in total. The number of esters is 1. The molecule has 0 amide bonds. The Kier molecular flexibility index (Phi) is 5.66. The second-order valence-corrected chi connectivity index (χ2v) is 2.75. The molecule has 0 saturated heterocycles. The van der Waals surface area contributed by atoms with Crippen LogP contribution in [0.3, 0.4) is 0 Å². The molecule has 1 atom stereocenters. The van der Waals surface area contributed by atoms with Crippen molar-refractivity contribution in [2.75, 3.05) is 20.8 Å². The second-order valence-electron chi connectivity index (χ2n) is 2.75. The molecule has 0 unspecified atom stereocenters. The number of carbonyl (C=O) groups excluding carboxylic acids is 1. The molecule has 0 fully saturated rings. The van der Waals surface area contributed by atoms with Gasteiger partial charge in [0.2, 0.25) is 0 Å². The van der Waals surface area contributed by atoms with Crippen LogP contribution in [0.25, 0.3) is 0 Å². The molecule has 0 aromatic carbocycles. The van der Waals surface area contributed by atoms with E-state index in [-0.39, 0.29) is 18.1 Å². The van der Waals surface area contributed by atoms with E-state index in [1.54, 1.807) is 7.05 Å². The summed E-state index contributed by atoms with van der Waals surface area (Å²) < 4.78 is 9.81. The van der Waals surface area contributed by atoms with Crippen molar-refractivity contribution in [1.82, 2.24) is 5.32 Å². The van der Waals surface area contributed by atoms with Crippen molar-refractivity contribution < 1.29 is 14.3 Å². The maximum absolute atomic E-state index is 11.0. The van der Waals surface area contributed by atoms with Crippen molar-refractivity contribution >= 4 is 5.97 Å². The van der Waals surface area contributed by atoms with Crippen molar-refractivity contribution in [3.05, 3.63) is 0 Å². The van der Waals surface area contributed by atoms with E-state index in [1.165, 1.54) is 7.11 Å². The monoisotopic (exact) mass is 175 g/mol. The first-order chi connectivity index (χ1) is 5.61. The fraction of sp³-hybridized carbons (Fsp3) is 0.875. The predicted octanol–water partition coefficient (Wildman–Crippen LogP) is 0.172. The van der Waals surface area contributed by atoms with Crippen molar-refractivity contribution in [3.63, 3.8) is 0 Å². The van der Waals surface area contributed by atoms with Gasteiger partial charge in [0, 0.05) is 0 Å². The van der Waals surface area contributed by atoms with Crippen LogP contribution in [0.5, 0.6) is 0 Å². The summed E-state index contributed by atoms with van der Waals surface area (Å²) in [6, 6.07) is -0.364. The Bertz CT molecular complexity index is 136. The van der Waals surface area contributed by atoms with E-state index in [9.17, 15) is 4.79 Å². The molecule has 0 aliphatic heterocycles.